The quantitative estimate of drug-likeness (QED) is 0.629. The summed E-state index contributed by atoms with van der Waals surface area (Å²) in [6, 6.07) is 11.0. The van der Waals surface area contributed by atoms with Gasteiger partial charge in [0, 0.05) is 30.3 Å². The molecule has 2 amide bonds. The second-order valence-corrected chi connectivity index (χ2v) is 7.23. The summed E-state index contributed by atoms with van der Waals surface area (Å²) in [4.78, 5) is 37.9. The minimum Gasteiger partial charge on any atom is -0.372 e. The van der Waals surface area contributed by atoms with Crippen molar-refractivity contribution in [2.24, 2.45) is 0 Å². The van der Waals surface area contributed by atoms with E-state index in [0.29, 0.717) is 29.9 Å². The first-order chi connectivity index (χ1) is 13.8. The van der Waals surface area contributed by atoms with Crippen molar-refractivity contribution in [1.82, 2.24) is 4.90 Å². The predicted molar refractivity (Wildman–Crippen MR) is 108 cm³/mol. The number of aryl methyl sites for hydroxylation is 1. The van der Waals surface area contributed by atoms with Crippen molar-refractivity contribution < 1.29 is 19.2 Å². The highest BCUT2D eigenvalue weighted by Crippen LogP contribution is 2.23. The lowest BCUT2D eigenvalue weighted by Crippen LogP contribution is -2.48. The topological polar surface area (TPSA) is 102 Å². The number of rotatable bonds is 4. The molecule has 1 saturated heterocycles. The minimum atomic E-state index is -0.491. The van der Waals surface area contributed by atoms with Crippen LogP contribution in [0.15, 0.2) is 42.5 Å². The summed E-state index contributed by atoms with van der Waals surface area (Å²) < 4.78 is 5.68. The fraction of sp³-hybridized carbons (Fsp3) is 0.333. The van der Waals surface area contributed by atoms with Crippen molar-refractivity contribution in [2.45, 2.75) is 33.0 Å². The number of nitro groups is 1. The monoisotopic (exact) mass is 397 g/mol. The number of hydrogen-bond acceptors (Lipinski definition) is 5. The number of anilines is 1. The van der Waals surface area contributed by atoms with Gasteiger partial charge in [0.25, 0.3) is 17.5 Å². The Bertz CT molecular complexity index is 949. The van der Waals surface area contributed by atoms with Gasteiger partial charge in [-0.3, -0.25) is 19.7 Å². The third-order valence-corrected chi connectivity index (χ3v) is 4.77. The summed E-state index contributed by atoms with van der Waals surface area (Å²) in [5.74, 6) is -0.616. The van der Waals surface area contributed by atoms with E-state index in [1.54, 1.807) is 36.1 Å². The number of ether oxygens (including phenoxy) is 1. The lowest BCUT2D eigenvalue weighted by molar-refractivity contribution is -0.385. The summed E-state index contributed by atoms with van der Waals surface area (Å²) in [6.45, 7) is 6.37. The zero-order chi connectivity index (χ0) is 21.1. The maximum atomic E-state index is 13.0. The number of amides is 2. The first-order valence-electron chi connectivity index (χ1n) is 9.36. The molecule has 2 atom stereocenters. The normalized spacial score (nSPS) is 18.9. The Morgan fingerprint density at radius 3 is 2.41 bits per heavy atom. The summed E-state index contributed by atoms with van der Waals surface area (Å²) in [5, 5.41) is 13.7. The van der Waals surface area contributed by atoms with E-state index in [9.17, 15) is 19.7 Å². The third-order valence-electron chi connectivity index (χ3n) is 4.77. The lowest BCUT2D eigenvalue weighted by atomic mass is 10.1. The molecule has 152 valence electrons. The molecule has 1 N–H and O–H groups in total. The van der Waals surface area contributed by atoms with E-state index in [1.807, 2.05) is 13.8 Å². The van der Waals surface area contributed by atoms with Crippen LogP contribution >= 0.6 is 0 Å². The summed E-state index contributed by atoms with van der Waals surface area (Å²) in [6.07, 6.45) is -0.125. The van der Waals surface area contributed by atoms with E-state index in [1.165, 1.54) is 18.2 Å². The van der Waals surface area contributed by atoms with E-state index < -0.39 is 10.8 Å². The number of nitrogens with one attached hydrogen (secondary N) is 1. The van der Waals surface area contributed by atoms with Gasteiger partial charge in [0.2, 0.25) is 0 Å². The molecule has 0 aliphatic carbocycles. The SMILES string of the molecule is Cc1cc(C(=O)Nc2ccccc2C(=O)N2C[C@@H](C)O[C@@H](C)C2)ccc1[N+](=O)[O-]. The van der Waals surface area contributed by atoms with Crippen LogP contribution in [0.4, 0.5) is 11.4 Å². The van der Waals surface area contributed by atoms with Crippen LogP contribution in [-0.2, 0) is 4.74 Å². The van der Waals surface area contributed by atoms with Gasteiger partial charge in [0.05, 0.1) is 28.4 Å². The van der Waals surface area contributed by atoms with Crippen molar-refractivity contribution in [1.29, 1.82) is 0 Å². The number of benzene rings is 2. The van der Waals surface area contributed by atoms with Crippen LogP contribution in [0.25, 0.3) is 0 Å². The highest BCUT2D eigenvalue weighted by atomic mass is 16.6. The van der Waals surface area contributed by atoms with Gasteiger partial charge >= 0.3 is 0 Å². The molecule has 8 heteroatoms. The molecule has 0 aromatic heterocycles. The number of carbonyl (C=O) groups excluding carboxylic acids is 2. The van der Waals surface area contributed by atoms with Crippen LogP contribution in [0.3, 0.4) is 0 Å². The molecule has 1 aliphatic heterocycles. The minimum absolute atomic E-state index is 0.0484. The van der Waals surface area contributed by atoms with Gasteiger partial charge in [-0.1, -0.05) is 12.1 Å². The van der Waals surface area contributed by atoms with Gasteiger partial charge in [-0.05, 0) is 45.0 Å². The first-order valence-corrected chi connectivity index (χ1v) is 9.36. The zero-order valence-corrected chi connectivity index (χ0v) is 16.5. The maximum absolute atomic E-state index is 13.0. The maximum Gasteiger partial charge on any atom is 0.272 e. The highest BCUT2D eigenvalue weighted by molar-refractivity contribution is 6.09. The van der Waals surface area contributed by atoms with E-state index in [-0.39, 0.29) is 29.4 Å². The standard InChI is InChI=1S/C21H23N3O5/c1-13-10-16(8-9-19(13)24(27)28)20(25)22-18-7-5-4-6-17(18)21(26)23-11-14(2)29-15(3)12-23/h4-10,14-15H,11-12H2,1-3H3,(H,22,25)/t14-,15+. The molecule has 0 saturated carbocycles. The summed E-state index contributed by atoms with van der Waals surface area (Å²) >= 11 is 0. The number of para-hydroxylation sites is 1. The molecule has 3 rings (SSSR count). The molecule has 1 heterocycles. The van der Waals surface area contributed by atoms with Gasteiger partial charge in [-0.15, -0.1) is 0 Å². The number of hydrogen-bond donors (Lipinski definition) is 1. The molecule has 0 unspecified atom stereocenters. The molecular weight excluding hydrogens is 374 g/mol. The molecule has 0 spiro atoms. The van der Waals surface area contributed by atoms with Crippen molar-refractivity contribution in [3.05, 3.63) is 69.3 Å². The number of nitrogens with zero attached hydrogens (tertiary/aromatic N) is 2. The molecule has 0 radical (unpaired) electrons. The zero-order valence-electron chi connectivity index (χ0n) is 16.5. The number of nitro benzene ring substituents is 1. The first kappa shape index (κ1) is 20.5. The van der Waals surface area contributed by atoms with Gasteiger partial charge < -0.3 is 15.0 Å². The Balaban J connectivity index is 1.82. The van der Waals surface area contributed by atoms with Gasteiger partial charge in [0.1, 0.15) is 0 Å². The Kier molecular flexibility index (Phi) is 5.93. The van der Waals surface area contributed by atoms with Crippen molar-refractivity contribution in [2.75, 3.05) is 18.4 Å². The van der Waals surface area contributed by atoms with Crippen LogP contribution in [0.5, 0.6) is 0 Å². The number of morpholine rings is 1. The second kappa shape index (κ2) is 8.40. The molecule has 1 fully saturated rings. The summed E-state index contributed by atoms with van der Waals surface area (Å²) in [5.41, 5.74) is 1.41. The van der Waals surface area contributed by atoms with Gasteiger partial charge in [0.15, 0.2) is 0 Å². The summed E-state index contributed by atoms with van der Waals surface area (Å²) in [7, 11) is 0. The predicted octanol–water partition coefficient (Wildman–Crippen LogP) is 3.40. The number of carbonyl (C=O) groups is 2. The van der Waals surface area contributed by atoms with Crippen LogP contribution in [0.1, 0.15) is 40.1 Å². The van der Waals surface area contributed by atoms with Crippen LogP contribution in [-0.4, -0.2) is 46.9 Å². The van der Waals surface area contributed by atoms with Crippen molar-refractivity contribution >= 4 is 23.2 Å². The molecule has 8 nitrogen and oxygen atoms in total. The Morgan fingerprint density at radius 2 is 1.79 bits per heavy atom. The smallest absolute Gasteiger partial charge is 0.272 e. The van der Waals surface area contributed by atoms with E-state index >= 15 is 0 Å². The molecular formula is C21H23N3O5. The average Bonchev–Trinajstić information content (AvgIpc) is 2.66. The van der Waals surface area contributed by atoms with Gasteiger partial charge in [-0.25, -0.2) is 0 Å². The third kappa shape index (κ3) is 4.60. The molecule has 2 aromatic carbocycles. The fourth-order valence-electron chi connectivity index (χ4n) is 3.49. The van der Waals surface area contributed by atoms with Crippen LogP contribution < -0.4 is 5.32 Å². The van der Waals surface area contributed by atoms with Crippen molar-refractivity contribution in [3.63, 3.8) is 0 Å². The Morgan fingerprint density at radius 1 is 1.14 bits per heavy atom. The fourth-order valence-corrected chi connectivity index (χ4v) is 3.49. The van der Waals surface area contributed by atoms with E-state index in [0.717, 1.165) is 0 Å². The second-order valence-electron chi connectivity index (χ2n) is 7.23. The lowest BCUT2D eigenvalue weighted by Gasteiger charge is -2.35. The van der Waals surface area contributed by atoms with E-state index in [2.05, 4.69) is 5.32 Å². The van der Waals surface area contributed by atoms with Gasteiger partial charge in [-0.2, -0.15) is 0 Å². The highest BCUT2D eigenvalue weighted by Gasteiger charge is 2.28. The van der Waals surface area contributed by atoms with Crippen molar-refractivity contribution in [3.8, 4) is 0 Å². The Hall–Kier alpha value is -3.26. The Labute approximate surface area is 168 Å². The molecule has 0 bridgehead atoms. The average molecular weight is 397 g/mol. The molecule has 2 aromatic rings. The molecule has 29 heavy (non-hydrogen) atoms. The van der Waals surface area contributed by atoms with E-state index in [4.69, 9.17) is 4.74 Å². The van der Waals surface area contributed by atoms with Crippen LogP contribution in [0, 0.1) is 17.0 Å². The largest absolute Gasteiger partial charge is 0.372 e. The molecule has 1 aliphatic rings. The van der Waals surface area contributed by atoms with Crippen LogP contribution in [0.2, 0.25) is 0 Å².